The van der Waals surface area contributed by atoms with E-state index < -0.39 is 17.8 Å². The van der Waals surface area contributed by atoms with E-state index in [0.717, 1.165) is 27.9 Å². The summed E-state index contributed by atoms with van der Waals surface area (Å²) in [5.41, 5.74) is 9.45. The van der Waals surface area contributed by atoms with Crippen LogP contribution >= 0.6 is 48.0 Å². The van der Waals surface area contributed by atoms with E-state index in [0.29, 0.717) is 49.6 Å². The van der Waals surface area contributed by atoms with Crippen LogP contribution in [0.1, 0.15) is 89.7 Å². The van der Waals surface area contributed by atoms with Crippen molar-refractivity contribution in [3.8, 4) is 34.1 Å². The van der Waals surface area contributed by atoms with Gasteiger partial charge in [-0.25, -0.2) is 19.6 Å². The van der Waals surface area contributed by atoms with Gasteiger partial charge in [-0.2, -0.15) is 0 Å². The number of carbonyl (C=O) groups excluding carboxylic acids is 3. The summed E-state index contributed by atoms with van der Waals surface area (Å²) in [6, 6.07) is 30.2. The molecule has 356 valence electrons. The minimum atomic E-state index is -1.12. The second-order valence-corrected chi connectivity index (χ2v) is 20.5. The molecule has 2 saturated heterocycles. The van der Waals surface area contributed by atoms with E-state index in [-0.39, 0.29) is 60.9 Å². The molecule has 0 radical (unpaired) electrons. The van der Waals surface area contributed by atoms with Crippen molar-refractivity contribution < 1.29 is 53.2 Å². The molecule has 2 aliphatic rings. The number of aromatic carboxylic acids is 2. The van der Waals surface area contributed by atoms with Gasteiger partial charge in [0.1, 0.15) is 28.8 Å². The van der Waals surface area contributed by atoms with Crippen LogP contribution in [0.3, 0.4) is 0 Å². The molecular weight excluding hydrogens is 961 g/mol. The molecule has 2 aliphatic heterocycles. The van der Waals surface area contributed by atoms with Crippen molar-refractivity contribution in [3.05, 3.63) is 148 Å². The number of carbonyl (C=O) groups is 5. The number of anilines is 2. The molecule has 6 aromatic rings. The summed E-state index contributed by atoms with van der Waals surface area (Å²) in [6.45, 7) is 12.6. The summed E-state index contributed by atoms with van der Waals surface area (Å²) in [4.78, 5) is 57.8. The number of carboxylic acids is 2. The maximum atomic E-state index is 12.9. The van der Waals surface area contributed by atoms with Crippen molar-refractivity contribution in [3.63, 3.8) is 0 Å². The van der Waals surface area contributed by atoms with E-state index in [4.69, 9.17) is 38.4 Å². The van der Waals surface area contributed by atoms with Gasteiger partial charge in [-0.1, -0.05) is 114 Å². The number of benzene rings is 4. The maximum Gasteiger partial charge on any atom is 0.337 e. The maximum absolute atomic E-state index is 12.9. The molecule has 69 heavy (non-hydrogen) atoms. The lowest BCUT2D eigenvalue weighted by molar-refractivity contribution is -0.123. The number of thioether (sulfide) groups is 2. The molecule has 0 atom stereocenters. The number of nitrogens with zero attached hydrogens (tertiary/aromatic N) is 2. The zero-order valence-corrected chi connectivity index (χ0v) is 41.2. The number of thiocarbonyl (C=S) groups is 2. The van der Waals surface area contributed by atoms with Crippen molar-refractivity contribution >= 4 is 104 Å². The number of hydrazine groups is 2. The second-order valence-electron chi connectivity index (χ2n) is 17.2. The molecule has 0 spiro atoms. The van der Waals surface area contributed by atoms with Crippen molar-refractivity contribution in [2.24, 2.45) is 0 Å². The third-order valence-corrected chi connectivity index (χ3v) is 12.9. The minimum Gasteiger partial charge on any atom is -0.507 e. The topological polar surface area (TPSA) is 223 Å². The van der Waals surface area contributed by atoms with Gasteiger partial charge in [-0.15, -0.1) is 0 Å². The number of para-hydroxylation sites is 2. The number of rotatable bonds is 10. The predicted molar refractivity (Wildman–Crippen MR) is 275 cm³/mol. The third-order valence-electron chi connectivity index (χ3n) is 10.2. The van der Waals surface area contributed by atoms with Gasteiger partial charge in [0.25, 0.3) is 11.8 Å². The summed E-state index contributed by atoms with van der Waals surface area (Å²) in [5.74, 6) is -0.611. The Labute approximate surface area is 416 Å². The van der Waals surface area contributed by atoms with Gasteiger partial charge in [0, 0.05) is 6.08 Å². The Morgan fingerprint density at radius 1 is 0.652 bits per heavy atom. The van der Waals surface area contributed by atoms with Crippen LogP contribution < -0.4 is 10.9 Å². The van der Waals surface area contributed by atoms with Crippen LogP contribution in [0, 0.1) is 0 Å². The number of aldehydes is 1. The highest BCUT2D eigenvalue weighted by Gasteiger charge is 2.34. The molecule has 0 saturated carbocycles. The Morgan fingerprint density at radius 2 is 1.12 bits per heavy atom. The fraction of sp³-hybridized carbons (Fsp3) is 0.180. The molecule has 4 aromatic carbocycles. The Balaban J connectivity index is 0.000000188. The number of phenols is 2. The molecule has 2 amide bonds. The number of aromatic hydroxyl groups is 2. The van der Waals surface area contributed by atoms with Gasteiger partial charge in [0.05, 0.1) is 44.3 Å². The van der Waals surface area contributed by atoms with Crippen molar-refractivity contribution in [2.45, 2.75) is 52.4 Å². The fourth-order valence-corrected chi connectivity index (χ4v) is 8.60. The summed E-state index contributed by atoms with van der Waals surface area (Å²) >= 11 is 12.6. The van der Waals surface area contributed by atoms with Crippen molar-refractivity contribution in [2.75, 3.05) is 16.6 Å². The van der Waals surface area contributed by atoms with Crippen LogP contribution in [-0.4, -0.2) is 74.9 Å². The lowest BCUT2D eigenvalue weighted by Gasteiger charge is -2.20. The van der Waals surface area contributed by atoms with Crippen LogP contribution in [0.25, 0.3) is 28.7 Å². The zero-order valence-electron chi connectivity index (χ0n) is 37.9. The molecule has 19 heteroatoms. The van der Waals surface area contributed by atoms with Gasteiger partial charge < -0.3 is 29.3 Å². The van der Waals surface area contributed by atoms with Crippen molar-refractivity contribution in [1.29, 1.82) is 0 Å². The average Bonchev–Trinajstić information content (AvgIpc) is 4.10. The standard InChI is InChI=1S/C25H22N2O5S2.C15H16O3.C10H8N2O3S2/c1-25(2,3)14-8-10-19(28)17(12-14)20-11-9-15(32-20)13-21-22(29)27(24(33)34-21)26-18-7-5-4-6-16(18)23(30)31;1-15(2,3)10-4-6-13(17)12(8-10)14-7-5-11(9-16)18-14;13-8-5-17-10(16)12(8)11-7-4-2-1-3-6(7)9(14)15/h4-13,26,28H,1-3H3,(H,30,31);4-9,17H,1-3H3;1-4,11H,5H2,(H,14,15). The van der Waals surface area contributed by atoms with Crippen LogP contribution in [0.4, 0.5) is 11.4 Å². The summed E-state index contributed by atoms with van der Waals surface area (Å²) in [5, 5.41) is 40.9. The first kappa shape index (κ1) is 51.2. The fourth-order valence-electron chi connectivity index (χ4n) is 6.47. The highest BCUT2D eigenvalue weighted by atomic mass is 32.2. The molecule has 4 heterocycles. The van der Waals surface area contributed by atoms with Crippen LogP contribution in [0.2, 0.25) is 0 Å². The SMILES string of the molecule is CC(C)(C)c1ccc(O)c(-c2ccc(C=C3SC(=S)N(Nc4ccccc4C(=O)O)C3=O)o2)c1.CC(C)(C)c1ccc(O)c(-c2ccc(C=O)o2)c1.O=C(O)c1ccccc1NN1C(=O)CSC1=S. The van der Waals surface area contributed by atoms with Gasteiger partial charge in [0.15, 0.2) is 20.7 Å². The van der Waals surface area contributed by atoms with E-state index in [1.165, 1.54) is 28.9 Å². The molecule has 8 rings (SSSR count). The summed E-state index contributed by atoms with van der Waals surface area (Å²) < 4.78 is 11.9. The lowest BCUT2D eigenvalue weighted by atomic mass is 9.86. The number of hydrogen-bond acceptors (Lipinski definition) is 15. The monoisotopic (exact) mass is 1010 g/mol. The smallest absolute Gasteiger partial charge is 0.337 e. The molecule has 2 fully saturated rings. The first-order valence-electron chi connectivity index (χ1n) is 20.8. The zero-order chi connectivity index (χ0) is 50.4. The second kappa shape index (κ2) is 21.4. The normalized spacial score (nSPS) is 14.3. The molecule has 6 N–H and O–H groups in total. The molecular formula is C50H46N4O11S4. The number of hydrogen-bond donors (Lipinski definition) is 6. The Hall–Kier alpha value is -7.19. The Morgan fingerprint density at radius 3 is 1.55 bits per heavy atom. The van der Waals surface area contributed by atoms with E-state index in [2.05, 4.69) is 52.4 Å². The molecule has 0 aliphatic carbocycles. The van der Waals surface area contributed by atoms with Gasteiger partial charge in [-0.05, 0) is 107 Å². The minimum absolute atomic E-state index is 0.0114. The molecule has 15 nitrogen and oxygen atoms in total. The first-order valence-corrected chi connectivity index (χ1v) is 23.5. The number of carboxylic acid groups (broad SMARTS) is 2. The predicted octanol–water partition coefficient (Wildman–Crippen LogP) is 11.2. The first-order chi connectivity index (χ1) is 32.5. The van der Waals surface area contributed by atoms with E-state index in [1.807, 2.05) is 24.3 Å². The Kier molecular flexibility index (Phi) is 15.9. The van der Waals surface area contributed by atoms with Crippen molar-refractivity contribution in [1.82, 2.24) is 10.0 Å². The number of furan rings is 2. The third kappa shape index (κ3) is 12.5. The summed E-state index contributed by atoms with van der Waals surface area (Å²) in [7, 11) is 0. The molecule has 0 bridgehead atoms. The van der Waals surface area contributed by atoms with Gasteiger partial charge in [0.2, 0.25) is 0 Å². The Bertz CT molecular complexity index is 3000. The number of nitrogens with one attached hydrogen (secondary N) is 2. The highest BCUT2D eigenvalue weighted by molar-refractivity contribution is 8.26. The van der Waals surface area contributed by atoms with Gasteiger partial charge in [-0.3, -0.25) is 25.2 Å². The number of amides is 2. The highest BCUT2D eigenvalue weighted by Crippen LogP contribution is 2.38. The quantitative estimate of drug-likeness (QED) is 0.0426. The van der Waals surface area contributed by atoms with E-state index in [1.54, 1.807) is 78.9 Å². The van der Waals surface area contributed by atoms with Crippen LogP contribution in [0.15, 0.2) is 123 Å². The largest absolute Gasteiger partial charge is 0.507 e. The average molecular weight is 1010 g/mol. The van der Waals surface area contributed by atoms with Gasteiger partial charge >= 0.3 is 11.9 Å². The van der Waals surface area contributed by atoms with Crippen LogP contribution in [0.5, 0.6) is 11.5 Å². The van der Waals surface area contributed by atoms with E-state index in [9.17, 15) is 39.3 Å². The number of phenolic OH excluding ortho intramolecular Hbond substituents is 2. The summed E-state index contributed by atoms with van der Waals surface area (Å²) in [6.07, 6.45) is 2.21. The van der Waals surface area contributed by atoms with Crippen LogP contribution in [-0.2, 0) is 20.4 Å². The lowest BCUT2D eigenvalue weighted by Crippen LogP contribution is -2.34. The molecule has 0 unspecified atom stereocenters. The van der Waals surface area contributed by atoms with E-state index >= 15 is 0 Å². The molecule has 2 aromatic heterocycles.